The summed E-state index contributed by atoms with van der Waals surface area (Å²) < 4.78 is 5.98. The van der Waals surface area contributed by atoms with E-state index < -0.39 is 6.04 Å². The molecule has 0 bridgehead atoms. The minimum Gasteiger partial charge on any atom is -0.483 e. The second kappa shape index (κ2) is 12.9. The fourth-order valence-corrected chi connectivity index (χ4v) is 4.03. The third kappa shape index (κ3) is 7.70. The molecule has 3 aromatic rings. The van der Waals surface area contributed by atoms with Crippen LogP contribution in [0.5, 0.6) is 5.75 Å². The van der Waals surface area contributed by atoms with Crippen molar-refractivity contribution in [3.05, 3.63) is 101 Å². The van der Waals surface area contributed by atoms with Crippen LogP contribution in [-0.4, -0.2) is 35.9 Å². The van der Waals surface area contributed by atoms with E-state index in [2.05, 4.69) is 19.2 Å². The first-order valence-electron chi connectivity index (χ1n) is 12.6. The highest BCUT2D eigenvalue weighted by atomic mass is 16.5. The molecule has 0 spiro atoms. The normalized spacial score (nSPS) is 11.7. The zero-order chi connectivity index (χ0) is 26.1. The van der Waals surface area contributed by atoms with Crippen LogP contribution in [0.25, 0.3) is 0 Å². The standard InChI is InChI=1S/C31H38N2O3/c1-22(2)19-32-31(35)28(18-26-12-7-6-8-13-26)33(20-27-14-10-9-11-24(27)4)30(34)21-36-29-17-23(3)15-16-25(29)5/h6-17,22,28H,18-21H2,1-5H3,(H,32,35). The first-order chi connectivity index (χ1) is 17.2. The largest absolute Gasteiger partial charge is 0.483 e. The van der Waals surface area contributed by atoms with Crippen LogP contribution in [0.1, 0.15) is 41.7 Å². The predicted molar refractivity (Wildman–Crippen MR) is 145 cm³/mol. The summed E-state index contributed by atoms with van der Waals surface area (Å²) in [4.78, 5) is 28.9. The number of nitrogens with zero attached hydrogens (tertiary/aromatic N) is 1. The number of nitrogens with one attached hydrogen (secondary N) is 1. The molecule has 0 saturated carbocycles. The van der Waals surface area contributed by atoms with Crippen LogP contribution < -0.4 is 10.1 Å². The van der Waals surface area contributed by atoms with Crippen LogP contribution in [0.2, 0.25) is 0 Å². The molecule has 3 rings (SSSR count). The number of hydrogen-bond acceptors (Lipinski definition) is 3. The molecule has 5 nitrogen and oxygen atoms in total. The summed E-state index contributed by atoms with van der Waals surface area (Å²) >= 11 is 0. The smallest absolute Gasteiger partial charge is 0.261 e. The van der Waals surface area contributed by atoms with Gasteiger partial charge in [-0.2, -0.15) is 0 Å². The van der Waals surface area contributed by atoms with E-state index in [1.807, 2.05) is 93.6 Å². The van der Waals surface area contributed by atoms with Gasteiger partial charge < -0.3 is 15.0 Å². The Hall–Kier alpha value is -3.60. The minimum absolute atomic E-state index is 0.140. The molecule has 3 aromatic carbocycles. The number of hydrogen-bond donors (Lipinski definition) is 1. The maximum atomic E-state index is 13.7. The van der Waals surface area contributed by atoms with Crippen molar-refractivity contribution in [2.75, 3.05) is 13.2 Å². The number of aryl methyl sites for hydroxylation is 3. The van der Waals surface area contributed by atoms with Gasteiger partial charge in [-0.25, -0.2) is 0 Å². The number of carbonyl (C=O) groups excluding carboxylic acids is 2. The summed E-state index contributed by atoms with van der Waals surface area (Å²) in [6.07, 6.45) is 0.422. The van der Waals surface area contributed by atoms with E-state index in [9.17, 15) is 9.59 Å². The Morgan fingerprint density at radius 2 is 1.58 bits per heavy atom. The Labute approximate surface area is 215 Å². The molecule has 1 unspecified atom stereocenters. The topological polar surface area (TPSA) is 58.6 Å². The summed E-state index contributed by atoms with van der Waals surface area (Å²) in [5, 5.41) is 3.05. The van der Waals surface area contributed by atoms with E-state index in [-0.39, 0.29) is 18.4 Å². The second-order valence-corrected chi connectivity index (χ2v) is 9.85. The Morgan fingerprint density at radius 3 is 2.28 bits per heavy atom. The lowest BCUT2D eigenvalue weighted by Crippen LogP contribution is -2.52. The summed E-state index contributed by atoms with van der Waals surface area (Å²) in [5.41, 5.74) is 5.11. The third-order valence-electron chi connectivity index (χ3n) is 6.25. The molecule has 190 valence electrons. The summed E-state index contributed by atoms with van der Waals surface area (Å²) in [7, 11) is 0. The lowest BCUT2D eigenvalue weighted by atomic mass is 10.0. The first kappa shape index (κ1) is 27.0. The fraction of sp³-hybridized carbons (Fsp3) is 0.355. The predicted octanol–water partition coefficient (Wildman–Crippen LogP) is 5.40. The molecular formula is C31H38N2O3. The van der Waals surface area contributed by atoms with Gasteiger partial charge in [0.2, 0.25) is 5.91 Å². The van der Waals surface area contributed by atoms with Crippen LogP contribution >= 0.6 is 0 Å². The van der Waals surface area contributed by atoms with Gasteiger partial charge in [0.15, 0.2) is 6.61 Å². The highest BCUT2D eigenvalue weighted by Crippen LogP contribution is 2.21. The van der Waals surface area contributed by atoms with Crippen molar-refractivity contribution in [3.63, 3.8) is 0 Å². The van der Waals surface area contributed by atoms with Gasteiger partial charge in [0.25, 0.3) is 5.91 Å². The molecule has 0 radical (unpaired) electrons. The van der Waals surface area contributed by atoms with Crippen molar-refractivity contribution in [1.29, 1.82) is 0 Å². The van der Waals surface area contributed by atoms with Gasteiger partial charge in [0, 0.05) is 19.5 Å². The second-order valence-electron chi connectivity index (χ2n) is 9.85. The molecule has 5 heteroatoms. The van der Waals surface area contributed by atoms with E-state index in [0.717, 1.165) is 27.8 Å². The van der Waals surface area contributed by atoms with Crippen molar-refractivity contribution in [2.24, 2.45) is 5.92 Å². The Bertz CT molecular complexity index is 1160. The van der Waals surface area contributed by atoms with Gasteiger partial charge in [-0.1, -0.05) is 80.6 Å². The molecule has 0 fully saturated rings. The average molecular weight is 487 g/mol. The van der Waals surface area contributed by atoms with E-state index >= 15 is 0 Å². The van der Waals surface area contributed by atoms with Crippen molar-refractivity contribution >= 4 is 11.8 Å². The third-order valence-corrected chi connectivity index (χ3v) is 6.25. The van der Waals surface area contributed by atoms with Crippen LogP contribution in [-0.2, 0) is 22.6 Å². The van der Waals surface area contributed by atoms with Crippen LogP contribution in [0.4, 0.5) is 0 Å². The quantitative estimate of drug-likeness (QED) is 0.395. The van der Waals surface area contributed by atoms with E-state index in [1.54, 1.807) is 4.90 Å². The number of rotatable bonds is 11. The summed E-state index contributed by atoms with van der Waals surface area (Å²) in [6.45, 7) is 10.8. The highest BCUT2D eigenvalue weighted by molar-refractivity contribution is 5.88. The number of amides is 2. The first-order valence-corrected chi connectivity index (χ1v) is 12.6. The van der Waals surface area contributed by atoms with E-state index in [4.69, 9.17) is 4.74 Å². The van der Waals surface area contributed by atoms with Crippen molar-refractivity contribution in [2.45, 2.75) is 53.6 Å². The van der Waals surface area contributed by atoms with Gasteiger partial charge in [-0.3, -0.25) is 9.59 Å². The van der Waals surface area contributed by atoms with Gasteiger partial charge >= 0.3 is 0 Å². The molecule has 0 aliphatic heterocycles. The zero-order valence-electron chi connectivity index (χ0n) is 22.1. The van der Waals surface area contributed by atoms with Crippen molar-refractivity contribution < 1.29 is 14.3 Å². The van der Waals surface area contributed by atoms with Gasteiger partial charge in [-0.15, -0.1) is 0 Å². The zero-order valence-corrected chi connectivity index (χ0v) is 22.1. The lowest BCUT2D eigenvalue weighted by Gasteiger charge is -2.32. The van der Waals surface area contributed by atoms with Gasteiger partial charge in [-0.05, 0) is 60.6 Å². The van der Waals surface area contributed by atoms with E-state index in [1.165, 1.54) is 0 Å². The number of benzene rings is 3. The Kier molecular flexibility index (Phi) is 9.69. The lowest BCUT2D eigenvalue weighted by molar-refractivity contribution is -0.142. The molecule has 36 heavy (non-hydrogen) atoms. The molecule has 0 heterocycles. The molecule has 0 aliphatic rings. The average Bonchev–Trinajstić information content (AvgIpc) is 2.86. The van der Waals surface area contributed by atoms with Crippen LogP contribution in [0.3, 0.4) is 0 Å². The molecule has 1 atom stereocenters. The van der Waals surface area contributed by atoms with Gasteiger partial charge in [0.05, 0.1) is 0 Å². The summed E-state index contributed by atoms with van der Waals surface area (Å²) in [6, 6.07) is 23.1. The van der Waals surface area contributed by atoms with Crippen LogP contribution in [0, 0.1) is 26.7 Å². The number of ether oxygens (including phenoxy) is 1. The Balaban J connectivity index is 1.93. The SMILES string of the molecule is Cc1ccc(C)c(OCC(=O)N(Cc2ccccc2C)C(Cc2ccccc2)C(=O)NCC(C)C)c1. The monoisotopic (exact) mass is 486 g/mol. The van der Waals surface area contributed by atoms with E-state index in [0.29, 0.717) is 31.2 Å². The molecule has 0 aliphatic carbocycles. The van der Waals surface area contributed by atoms with Crippen LogP contribution in [0.15, 0.2) is 72.8 Å². The summed E-state index contributed by atoms with van der Waals surface area (Å²) in [5.74, 6) is 0.614. The van der Waals surface area contributed by atoms with Crippen molar-refractivity contribution in [3.8, 4) is 5.75 Å². The molecule has 2 amide bonds. The number of carbonyl (C=O) groups is 2. The van der Waals surface area contributed by atoms with Crippen molar-refractivity contribution in [1.82, 2.24) is 10.2 Å². The maximum absolute atomic E-state index is 13.7. The molecule has 0 aromatic heterocycles. The minimum atomic E-state index is -0.666. The van der Waals surface area contributed by atoms with Gasteiger partial charge in [0.1, 0.15) is 11.8 Å². The fourth-order valence-electron chi connectivity index (χ4n) is 4.03. The molecule has 0 saturated heterocycles. The Morgan fingerprint density at radius 1 is 0.889 bits per heavy atom. The maximum Gasteiger partial charge on any atom is 0.261 e. The highest BCUT2D eigenvalue weighted by Gasteiger charge is 2.31. The molecular weight excluding hydrogens is 448 g/mol. The molecule has 1 N–H and O–H groups in total.